The Kier molecular flexibility index (Phi) is 7.19. The van der Waals surface area contributed by atoms with Crippen LogP contribution in [0.4, 0.5) is 0 Å². The number of hydrogen-bond acceptors (Lipinski definition) is 1. The first-order valence-electron chi connectivity index (χ1n) is 4.55. The fourth-order valence-electron chi connectivity index (χ4n) is 2.00. The first kappa shape index (κ1) is 15.4. The van der Waals surface area contributed by atoms with Gasteiger partial charge in [-0.1, -0.05) is 41.5 Å². The Labute approximate surface area is 93.6 Å². The van der Waals surface area contributed by atoms with E-state index in [-0.39, 0.29) is 22.4 Å². The average Bonchev–Trinajstić information content (AvgIpc) is 1.84. The van der Waals surface area contributed by atoms with Gasteiger partial charge in [0, 0.05) is 22.4 Å². The second-order valence-corrected chi connectivity index (χ2v) is 9.59. The molecule has 1 N–H and O–H groups in total. The topological polar surface area (TPSA) is 20.2 Å². The first-order chi connectivity index (χ1) is 4.83. The van der Waals surface area contributed by atoms with E-state index in [1.165, 1.54) is 0 Å². The predicted octanol–water partition coefficient (Wildman–Crippen LogP) is 3.15. The number of rotatable bonds is 3. The van der Waals surface area contributed by atoms with Crippen molar-refractivity contribution in [3.63, 3.8) is 0 Å². The van der Waals surface area contributed by atoms with Crippen molar-refractivity contribution < 1.29 is 27.2 Å². The van der Waals surface area contributed by atoms with Crippen LogP contribution in [0.15, 0.2) is 0 Å². The van der Waals surface area contributed by atoms with Gasteiger partial charge in [0.15, 0.2) is 8.32 Å². The van der Waals surface area contributed by atoms with E-state index in [2.05, 4.69) is 41.5 Å². The standard InChI is InChI=1S/C9H22OSi.Ag/c1-7(2)11(10,8(3)4)9(5)6;/h7-10H,1-6H3;. The molecule has 1 radical (unpaired) electrons. The fraction of sp³-hybridized carbons (Fsp3) is 1.00. The molecule has 0 aliphatic heterocycles. The molecule has 0 rings (SSSR count). The maximum atomic E-state index is 10.4. The summed E-state index contributed by atoms with van der Waals surface area (Å²) < 4.78 is 0. The summed E-state index contributed by atoms with van der Waals surface area (Å²) in [5, 5.41) is 0. The Hall–Kier alpha value is 0.917. The third-order valence-electron chi connectivity index (χ3n) is 2.77. The van der Waals surface area contributed by atoms with Crippen LogP contribution in [0.3, 0.4) is 0 Å². The van der Waals surface area contributed by atoms with E-state index in [1.807, 2.05) is 0 Å². The Bertz CT molecular complexity index is 102. The van der Waals surface area contributed by atoms with Gasteiger partial charge in [-0.05, 0) is 16.6 Å². The molecule has 12 heavy (non-hydrogen) atoms. The van der Waals surface area contributed by atoms with Crippen LogP contribution in [0, 0.1) is 0 Å². The molecule has 0 aliphatic carbocycles. The van der Waals surface area contributed by atoms with E-state index in [1.54, 1.807) is 0 Å². The largest absolute Gasteiger partial charge is 0.431 e. The van der Waals surface area contributed by atoms with Crippen molar-refractivity contribution in [3.05, 3.63) is 0 Å². The van der Waals surface area contributed by atoms with Gasteiger partial charge in [0.05, 0.1) is 0 Å². The van der Waals surface area contributed by atoms with E-state index in [0.29, 0.717) is 16.6 Å². The van der Waals surface area contributed by atoms with Crippen LogP contribution in [-0.2, 0) is 22.4 Å². The summed E-state index contributed by atoms with van der Waals surface area (Å²) in [5.74, 6) is 0. The van der Waals surface area contributed by atoms with Crippen LogP contribution in [0.5, 0.6) is 0 Å². The van der Waals surface area contributed by atoms with Crippen LogP contribution < -0.4 is 0 Å². The van der Waals surface area contributed by atoms with Gasteiger partial charge in [-0.3, -0.25) is 0 Å². The van der Waals surface area contributed by atoms with E-state index in [0.717, 1.165) is 0 Å². The molecule has 3 heteroatoms. The quantitative estimate of drug-likeness (QED) is 0.788. The smallest absolute Gasteiger partial charge is 0.196 e. The molecular formula is C9H22AgOSi. The minimum Gasteiger partial charge on any atom is -0.431 e. The Morgan fingerprint density at radius 3 is 0.917 bits per heavy atom. The van der Waals surface area contributed by atoms with Gasteiger partial charge in [0.25, 0.3) is 0 Å². The molecule has 0 atom stereocenters. The van der Waals surface area contributed by atoms with Gasteiger partial charge in [0.2, 0.25) is 0 Å². The van der Waals surface area contributed by atoms with Crippen LogP contribution in [0.25, 0.3) is 0 Å². The van der Waals surface area contributed by atoms with Crippen molar-refractivity contribution >= 4 is 8.32 Å². The average molecular weight is 282 g/mol. The van der Waals surface area contributed by atoms with Crippen molar-refractivity contribution in [2.45, 2.75) is 58.2 Å². The molecule has 0 saturated heterocycles. The van der Waals surface area contributed by atoms with E-state index in [9.17, 15) is 4.80 Å². The van der Waals surface area contributed by atoms with Crippen LogP contribution in [0.1, 0.15) is 41.5 Å². The van der Waals surface area contributed by atoms with Crippen molar-refractivity contribution in [3.8, 4) is 0 Å². The molecule has 1 nitrogen and oxygen atoms in total. The summed E-state index contributed by atoms with van der Waals surface area (Å²) in [6.45, 7) is 12.9. The molecule has 79 valence electrons. The fourth-order valence-corrected chi connectivity index (χ4v) is 6.00. The van der Waals surface area contributed by atoms with Gasteiger partial charge in [-0.15, -0.1) is 0 Å². The molecule has 0 aliphatic rings. The predicted molar refractivity (Wildman–Crippen MR) is 53.3 cm³/mol. The molecule has 0 saturated carbocycles. The second-order valence-electron chi connectivity index (χ2n) is 4.35. The van der Waals surface area contributed by atoms with E-state index >= 15 is 0 Å². The summed E-state index contributed by atoms with van der Waals surface area (Å²) >= 11 is 0. The molecule has 0 amide bonds. The van der Waals surface area contributed by atoms with Crippen molar-refractivity contribution in [2.24, 2.45) is 0 Å². The Morgan fingerprint density at radius 2 is 0.917 bits per heavy atom. The molecular weight excluding hydrogens is 260 g/mol. The van der Waals surface area contributed by atoms with Crippen molar-refractivity contribution in [2.75, 3.05) is 0 Å². The minimum atomic E-state index is -1.98. The van der Waals surface area contributed by atoms with Crippen LogP contribution in [-0.4, -0.2) is 13.1 Å². The minimum absolute atomic E-state index is 0. The first-order valence-corrected chi connectivity index (χ1v) is 6.73. The second kappa shape index (κ2) is 5.61. The monoisotopic (exact) mass is 281 g/mol. The summed E-state index contributed by atoms with van der Waals surface area (Å²) in [4.78, 5) is 10.4. The Balaban J connectivity index is 0. The van der Waals surface area contributed by atoms with Gasteiger partial charge in [-0.2, -0.15) is 0 Å². The Morgan fingerprint density at radius 1 is 0.750 bits per heavy atom. The number of hydrogen-bond donors (Lipinski definition) is 1. The summed E-state index contributed by atoms with van der Waals surface area (Å²) in [7, 11) is -1.98. The van der Waals surface area contributed by atoms with E-state index in [4.69, 9.17) is 0 Å². The normalized spacial score (nSPS) is 12.5. The third kappa shape index (κ3) is 3.00. The molecule has 0 bridgehead atoms. The van der Waals surface area contributed by atoms with Crippen LogP contribution >= 0.6 is 0 Å². The molecule has 0 aromatic rings. The zero-order chi connectivity index (χ0) is 9.23. The SMILES string of the molecule is CC(C)[Si](O)(C(C)C)C(C)C.[Ag]. The summed E-state index contributed by atoms with van der Waals surface area (Å²) in [6, 6.07) is 0. The summed E-state index contributed by atoms with van der Waals surface area (Å²) in [5.41, 5.74) is 1.42. The molecule has 0 spiro atoms. The van der Waals surface area contributed by atoms with Crippen molar-refractivity contribution in [1.82, 2.24) is 0 Å². The van der Waals surface area contributed by atoms with Gasteiger partial charge < -0.3 is 4.80 Å². The maximum absolute atomic E-state index is 10.4. The van der Waals surface area contributed by atoms with Crippen LogP contribution in [0.2, 0.25) is 16.6 Å². The molecule has 0 fully saturated rings. The van der Waals surface area contributed by atoms with E-state index < -0.39 is 8.32 Å². The zero-order valence-electron chi connectivity index (χ0n) is 8.98. The van der Waals surface area contributed by atoms with Gasteiger partial charge >= 0.3 is 0 Å². The van der Waals surface area contributed by atoms with Gasteiger partial charge in [0.1, 0.15) is 0 Å². The van der Waals surface area contributed by atoms with Crippen molar-refractivity contribution in [1.29, 1.82) is 0 Å². The molecule has 0 heterocycles. The van der Waals surface area contributed by atoms with Gasteiger partial charge in [-0.25, -0.2) is 0 Å². The zero-order valence-corrected chi connectivity index (χ0v) is 11.5. The maximum Gasteiger partial charge on any atom is 0.196 e. The third-order valence-corrected chi connectivity index (χ3v) is 8.32. The molecule has 0 aromatic heterocycles. The summed E-state index contributed by atoms with van der Waals surface area (Å²) in [6.07, 6.45) is 0. The molecule has 0 unspecified atom stereocenters. The molecule has 0 aromatic carbocycles.